The number of morpholine rings is 1. The number of anilines is 1. The van der Waals surface area contributed by atoms with Crippen molar-refractivity contribution in [1.82, 2.24) is 19.7 Å². The third-order valence-electron chi connectivity index (χ3n) is 5.95. The maximum atomic E-state index is 13.2. The third-order valence-corrected chi connectivity index (χ3v) is 7.09. The minimum Gasteiger partial charge on any atom is -0.378 e. The van der Waals surface area contributed by atoms with Crippen LogP contribution in [0.1, 0.15) is 16.1 Å². The molecule has 8 heteroatoms. The van der Waals surface area contributed by atoms with Crippen LogP contribution in [0.15, 0.2) is 73.1 Å². The maximum absolute atomic E-state index is 13.2. The van der Waals surface area contributed by atoms with E-state index < -0.39 is 0 Å². The van der Waals surface area contributed by atoms with E-state index in [0.717, 1.165) is 21.9 Å². The summed E-state index contributed by atoms with van der Waals surface area (Å²) in [6.07, 6.45) is 3.88. The van der Waals surface area contributed by atoms with Gasteiger partial charge in [0.1, 0.15) is 11.5 Å². The number of carbonyl (C=O) groups is 1. The summed E-state index contributed by atoms with van der Waals surface area (Å²) in [6, 6.07) is 20.2. The topological polar surface area (TPSA) is 71.8 Å². The summed E-state index contributed by atoms with van der Waals surface area (Å²) >= 11 is 1.71. The molecule has 5 aromatic rings. The molecule has 0 unspecified atom stereocenters. The standard InChI is InChI=1S/C26H23N5O2S/c32-26(27-16-19-17-31-10-4-3-7-24(31)28-19)20-8-9-21(29-25(20)30-11-13-33-14-12-30)23-15-18-5-1-2-6-22(18)34-23/h1-10,15,17H,11-14,16H2,(H,27,32). The Hall–Kier alpha value is -3.75. The Labute approximate surface area is 200 Å². The highest BCUT2D eigenvalue weighted by atomic mass is 32.1. The zero-order valence-electron chi connectivity index (χ0n) is 18.5. The number of thiophene rings is 1. The van der Waals surface area contributed by atoms with Crippen molar-refractivity contribution >= 4 is 38.8 Å². The zero-order chi connectivity index (χ0) is 22.9. The molecule has 0 saturated carbocycles. The van der Waals surface area contributed by atoms with Crippen molar-refractivity contribution in [3.63, 3.8) is 0 Å². The van der Waals surface area contributed by atoms with Crippen LogP contribution in [-0.2, 0) is 11.3 Å². The van der Waals surface area contributed by atoms with E-state index in [1.807, 2.05) is 59.3 Å². The molecular weight excluding hydrogens is 446 g/mol. The van der Waals surface area contributed by atoms with Crippen molar-refractivity contribution in [1.29, 1.82) is 0 Å². The van der Waals surface area contributed by atoms with Crippen LogP contribution >= 0.6 is 11.3 Å². The Morgan fingerprint density at radius 2 is 1.88 bits per heavy atom. The van der Waals surface area contributed by atoms with Gasteiger partial charge in [0.2, 0.25) is 0 Å². The fraction of sp³-hybridized carbons (Fsp3) is 0.192. The molecule has 1 amide bonds. The van der Waals surface area contributed by atoms with Gasteiger partial charge in [0.15, 0.2) is 0 Å². The second-order valence-corrected chi connectivity index (χ2v) is 9.28. The number of aromatic nitrogens is 3. The van der Waals surface area contributed by atoms with Crippen LogP contribution in [0.3, 0.4) is 0 Å². The Morgan fingerprint density at radius 3 is 2.74 bits per heavy atom. The number of ether oxygens (including phenoxy) is 1. The molecule has 7 nitrogen and oxygen atoms in total. The number of nitrogens with one attached hydrogen (secondary N) is 1. The molecule has 5 heterocycles. The molecule has 1 fully saturated rings. The number of fused-ring (bicyclic) bond motifs is 2. The normalized spacial score (nSPS) is 14.1. The van der Waals surface area contributed by atoms with Gasteiger partial charge in [0, 0.05) is 30.2 Å². The van der Waals surface area contributed by atoms with Gasteiger partial charge in [-0.05, 0) is 41.8 Å². The van der Waals surface area contributed by atoms with E-state index in [2.05, 4.69) is 33.4 Å². The van der Waals surface area contributed by atoms with Gasteiger partial charge in [-0.25, -0.2) is 9.97 Å². The Morgan fingerprint density at radius 1 is 1.03 bits per heavy atom. The number of amides is 1. The van der Waals surface area contributed by atoms with Gasteiger partial charge in [-0.1, -0.05) is 24.3 Å². The Balaban J connectivity index is 1.30. The van der Waals surface area contributed by atoms with Gasteiger partial charge in [0.05, 0.1) is 41.6 Å². The number of hydrogen-bond acceptors (Lipinski definition) is 6. The molecule has 6 rings (SSSR count). The monoisotopic (exact) mass is 469 g/mol. The van der Waals surface area contributed by atoms with E-state index in [0.29, 0.717) is 44.2 Å². The summed E-state index contributed by atoms with van der Waals surface area (Å²) in [7, 11) is 0. The number of pyridine rings is 2. The van der Waals surface area contributed by atoms with E-state index in [1.165, 1.54) is 10.1 Å². The summed E-state index contributed by atoms with van der Waals surface area (Å²) in [5, 5.41) is 4.23. The third kappa shape index (κ3) is 4.02. The molecule has 1 aliphatic rings. The molecular formula is C26H23N5O2S. The average Bonchev–Trinajstić information content (AvgIpc) is 3.51. The van der Waals surface area contributed by atoms with Crippen LogP contribution in [0.5, 0.6) is 0 Å². The molecule has 0 spiro atoms. The van der Waals surface area contributed by atoms with Crippen molar-refractivity contribution in [3.05, 3.63) is 84.3 Å². The van der Waals surface area contributed by atoms with Gasteiger partial charge >= 0.3 is 0 Å². The molecule has 1 saturated heterocycles. The molecule has 0 atom stereocenters. The first-order valence-corrected chi connectivity index (χ1v) is 12.1. The van der Waals surface area contributed by atoms with Crippen LogP contribution in [-0.4, -0.2) is 46.6 Å². The number of benzene rings is 1. The number of hydrogen-bond donors (Lipinski definition) is 1. The maximum Gasteiger partial charge on any atom is 0.255 e. The number of carbonyl (C=O) groups excluding carboxylic acids is 1. The van der Waals surface area contributed by atoms with E-state index in [-0.39, 0.29) is 5.91 Å². The molecule has 1 aromatic carbocycles. The van der Waals surface area contributed by atoms with Gasteiger partial charge < -0.3 is 19.4 Å². The van der Waals surface area contributed by atoms with E-state index in [4.69, 9.17) is 9.72 Å². The minimum atomic E-state index is -0.158. The largest absolute Gasteiger partial charge is 0.378 e. The highest BCUT2D eigenvalue weighted by Gasteiger charge is 2.22. The average molecular weight is 470 g/mol. The van der Waals surface area contributed by atoms with Gasteiger partial charge in [-0.2, -0.15) is 0 Å². The predicted molar refractivity (Wildman–Crippen MR) is 134 cm³/mol. The SMILES string of the molecule is O=C(NCc1cn2ccccc2n1)c1ccc(-c2cc3ccccc3s2)nc1N1CCOCC1. The predicted octanol–water partition coefficient (Wildman–Crippen LogP) is 4.38. The highest BCUT2D eigenvalue weighted by molar-refractivity contribution is 7.22. The summed E-state index contributed by atoms with van der Waals surface area (Å²) < 4.78 is 8.70. The van der Waals surface area contributed by atoms with E-state index in [9.17, 15) is 4.79 Å². The zero-order valence-corrected chi connectivity index (χ0v) is 19.3. The molecule has 0 radical (unpaired) electrons. The molecule has 170 valence electrons. The van der Waals surface area contributed by atoms with Crippen LogP contribution in [0.2, 0.25) is 0 Å². The lowest BCUT2D eigenvalue weighted by Gasteiger charge is -2.29. The lowest BCUT2D eigenvalue weighted by atomic mass is 10.1. The highest BCUT2D eigenvalue weighted by Crippen LogP contribution is 2.34. The smallest absolute Gasteiger partial charge is 0.255 e. The van der Waals surface area contributed by atoms with Crippen LogP contribution < -0.4 is 10.2 Å². The number of imidazole rings is 1. The molecule has 1 aliphatic heterocycles. The van der Waals surface area contributed by atoms with Crippen LogP contribution in [0, 0.1) is 0 Å². The molecule has 0 aliphatic carbocycles. The van der Waals surface area contributed by atoms with Crippen molar-refractivity contribution < 1.29 is 9.53 Å². The van der Waals surface area contributed by atoms with Crippen molar-refractivity contribution in [2.45, 2.75) is 6.54 Å². The fourth-order valence-electron chi connectivity index (χ4n) is 4.23. The fourth-order valence-corrected chi connectivity index (χ4v) is 5.26. The van der Waals surface area contributed by atoms with Crippen LogP contribution in [0.25, 0.3) is 26.3 Å². The molecule has 4 aromatic heterocycles. The lowest BCUT2D eigenvalue weighted by molar-refractivity contribution is 0.0948. The first-order chi connectivity index (χ1) is 16.7. The van der Waals surface area contributed by atoms with E-state index >= 15 is 0 Å². The summed E-state index contributed by atoms with van der Waals surface area (Å²) in [5.74, 6) is 0.541. The molecule has 34 heavy (non-hydrogen) atoms. The van der Waals surface area contributed by atoms with Gasteiger partial charge in [0.25, 0.3) is 5.91 Å². The minimum absolute atomic E-state index is 0.158. The van der Waals surface area contributed by atoms with Crippen molar-refractivity contribution in [2.24, 2.45) is 0 Å². The second-order valence-electron chi connectivity index (χ2n) is 8.20. The lowest BCUT2D eigenvalue weighted by Crippen LogP contribution is -2.38. The quantitative estimate of drug-likeness (QED) is 0.414. The van der Waals surface area contributed by atoms with Crippen molar-refractivity contribution in [2.75, 3.05) is 31.2 Å². The number of nitrogens with zero attached hydrogens (tertiary/aromatic N) is 4. The summed E-state index contributed by atoms with van der Waals surface area (Å²) in [5.41, 5.74) is 3.10. The summed E-state index contributed by atoms with van der Waals surface area (Å²) in [4.78, 5) is 26.0. The first kappa shape index (κ1) is 20.8. The molecule has 1 N–H and O–H groups in total. The summed E-state index contributed by atoms with van der Waals surface area (Å²) in [6.45, 7) is 3.00. The van der Waals surface area contributed by atoms with Gasteiger partial charge in [-0.15, -0.1) is 11.3 Å². The Bertz CT molecular complexity index is 1420. The molecule has 0 bridgehead atoms. The van der Waals surface area contributed by atoms with Gasteiger partial charge in [-0.3, -0.25) is 4.79 Å². The number of rotatable bonds is 5. The van der Waals surface area contributed by atoms with Crippen molar-refractivity contribution in [3.8, 4) is 10.6 Å². The first-order valence-electron chi connectivity index (χ1n) is 11.3. The second kappa shape index (κ2) is 8.89. The van der Waals surface area contributed by atoms with Crippen LogP contribution in [0.4, 0.5) is 5.82 Å². The Kier molecular flexibility index (Phi) is 5.44. The van der Waals surface area contributed by atoms with E-state index in [1.54, 1.807) is 11.3 Å².